The summed E-state index contributed by atoms with van der Waals surface area (Å²) in [6.07, 6.45) is -1.17. The second-order valence-corrected chi connectivity index (χ2v) is 5.21. The van der Waals surface area contributed by atoms with Gasteiger partial charge in [-0.05, 0) is 35.9 Å². The Morgan fingerprint density at radius 3 is 2.59 bits per heavy atom. The van der Waals surface area contributed by atoms with E-state index in [1.165, 1.54) is 0 Å². The Hall–Kier alpha value is -2.37. The predicted octanol–water partition coefficient (Wildman–Crippen LogP) is 2.50. The first-order valence-electron chi connectivity index (χ1n) is 6.59. The van der Waals surface area contributed by atoms with Crippen molar-refractivity contribution in [2.45, 2.75) is 12.5 Å². The van der Waals surface area contributed by atoms with Gasteiger partial charge in [-0.2, -0.15) is 0 Å². The molecule has 2 amide bonds. The number of primary amides is 1. The van der Waals surface area contributed by atoms with Crippen LogP contribution < -0.4 is 11.1 Å². The Bertz CT molecular complexity index is 703. The third kappa shape index (κ3) is 4.31. The Balaban J connectivity index is 2.13. The van der Waals surface area contributed by atoms with Crippen molar-refractivity contribution in [2.75, 3.05) is 5.32 Å². The molecular weight excluding hydrogens is 304 g/mol. The lowest BCUT2D eigenvalue weighted by atomic mass is 10.1. The number of nitrogens with two attached hydrogens (primary N) is 1. The van der Waals surface area contributed by atoms with E-state index in [1.54, 1.807) is 48.5 Å². The van der Waals surface area contributed by atoms with Crippen molar-refractivity contribution in [3.63, 3.8) is 0 Å². The molecule has 22 heavy (non-hydrogen) atoms. The van der Waals surface area contributed by atoms with Crippen LogP contribution in [0.4, 0.5) is 5.69 Å². The number of carbonyl (C=O) groups excluding carboxylic acids is 2. The fourth-order valence-corrected chi connectivity index (χ4v) is 2.16. The molecule has 0 spiro atoms. The average Bonchev–Trinajstić information content (AvgIpc) is 2.47. The average molecular weight is 319 g/mol. The minimum absolute atomic E-state index is 0.175. The molecule has 1 unspecified atom stereocenters. The summed E-state index contributed by atoms with van der Waals surface area (Å²) < 4.78 is 0. The molecule has 2 aromatic rings. The Labute approximate surface area is 132 Å². The van der Waals surface area contributed by atoms with Gasteiger partial charge in [0.2, 0.25) is 5.91 Å². The number of aliphatic hydroxyl groups is 1. The minimum Gasteiger partial charge on any atom is -0.388 e. The van der Waals surface area contributed by atoms with Crippen molar-refractivity contribution < 1.29 is 14.7 Å². The molecular formula is C16H15ClN2O3. The molecule has 0 aromatic heterocycles. The molecule has 0 fully saturated rings. The van der Waals surface area contributed by atoms with Crippen LogP contribution in [0.1, 0.15) is 28.4 Å². The molecule has 0 bridgehead atoms. The van der Waals surface area contributed by atoms with Crippen LogP contribution in [-0.4, -0.2) is 16.9 Å². The van der Waals surface area contributed by atoms with Gasteiger partial charge in [0.15, 0.2) is 0 Å². The third-order valence-corrected chi connectivity index (χ3v) is 3.25. The van der Waals surface area contributed by atoms with Crippen LogP contribution in [0.5, 0.6) is 0 Å². The topological polar surface area (TPSA) is 92.4 Å². The first-order valence-corrected chi connectivity index (χ1v) is 6.97. The van der Waals surface area contributed by atoms with E-state index in [9.17, 15) is 14.7 Å². The van der Waals surface area contributed by atoms with Crippen LogP contribution >= 0.6 is 11.6 Å². The fourth-order valence-electron chi connectivity index (χ4n) is 1.97. The number of nitrogens with one attached hydrogen (secondary N) is 1. The quantitative estimate of drug-likeness (QED) is 0.790. The second-order valence-electron chi connectivity index (χ2n) is 4.78. The highest BCUT2D eigenvalue weighted by Crippen LogP contribution is 2.21. The first-order chi connectivity index (χ1) is 10.5. The molecule has 0 saturated heterocycles. The third-order valence-electron chi connectivity index (χ3n) is 3.01. The molecule has 0 saturated carbocycles. The number of hydrogen-bond acceptors (Lipinski definition) is 3. The summed E-state index contributed by atoms with van der Waals surface area (Å²) in [4.78, 5) is 23.0. The second kappa shape index (κ2) is 7.06. The summed E-state index contributed by atoms with van der Waals surface area (Å²) in [5.41, 5.74) is 6.49. The van der Waals surface area contributed by atoms with Gasteiger partial charge in [-0.3, -0.25) is 9.59 Å². The zero-order chi connectivity index (χ0) is 16.1. The van der Waals surface area contributed by atoms with Gasteiger partial charge >= 0.3 is 0 Å². The summed E-state index contributed by atoms with van der Waals surface area (Å²) >= 11 is 5.85. The van der Waals surface area contributed by atoms with Crippen molar-refractivity contribution in [3.05, 3.63) is 64.7 Å². The normalized spacial score (nSPS) is 11.7. The lowest BCUT2D eigenvalue weighted by Crippen LogP contribution is -2.15. The number of aliphatic hydroxyl groups excluding tert-OH is 1. The molecule has 2 aromatic carbocycles. The molecule has 0 aliphatic rings. The lowest BCUT2D eigenvalue weighted by Gasteiger charge is -2.11. The first kappa shape index (κ1) is 16.0. The van der Waals surface area contributed by atoms with E-state index in [1.807, 2.05) is 0 Å². The van der Waals surface area contributed by atoms with Crippen molar-refractivity contribution in [3.8, 4) is 0 Å². The van der Waals surface area contributed by atoms with E-state index in [-0.39, 0.29) is 12.3 Å². The van der Waals surface area contributed by atoms with Crippen molar-refractivity contribution in [1.29, 1.82) is 0 Å². The van der Waals surface area contributed by atoms with Gasteiger partial charge in [0.05, 0.1) is 12.5 Å². The summed E-state index contributed by atoms with van der Waals surface area (Å²) in [6.45, 7) is 0. The van der Waals surface area contributed by atoms with Crippen molar-refractivity contribution >= 4 is 29.1 Å². The highest BCUT2D eigenvalue weighted by molar-refractivity contribution is 6.31. The van der Waals surface area contributed by atoms with Gasteiger partial charge in [-0.25, -0.2) is 0 Å². The number of anilines is 1. The van der Waals surface area contributed by atoms with Gasteiger partial charge in [0.25, 0.3) is 5.91 Å². The molecule has 0 aliphatic carbocycles. The van der Waals surface area contributed by atoms with E-state index in [0.29, 0.717) is 21.8 Å². The monoisotopic (exact) mass is 318 g/mol. The zero-order valence-corrected chi connectivity index (χ0v) is 12.4. The predicted molar refractivity (Wildman–Crippen MR) is 84.6 cm³/mol. The maximum Gasteiger partial charge on any atom is 0.255 e. The van der Waals surface area contributed by atoms with Gasteiger partial charge in [0, 0.05) is 16.3 Å². The molecule has 0 radical (unpaired) electrons. The summed E-state index contributed by atoms with van der Waals surface area (Å²) in [5, 5.41) is 13.1. The van der Waals surface area contributed by atoms with Crippen LogP contribution in [0.25, 0.3) is 0 Å². The molecule has 4 N–H and O–H groups in total. The molecule has 0 aliphatic heterocycles. The van der Waals surface area contributed by atoms with Gasteiger partial charge < -0.3 is 16.2 Å². The standard InChI is InChI=1S/C16H15ClN2O3/c17-12-5-1-4-11(7-12)16(22)19-13-6-2-3-10(8-13)14(20)9-15(18)21/h1-8,14,20H,9H2,(H2,18,21)(H,19,22). The van der Waals surface area contributed by atoms with Crippen LogP contribution in [-0.2, 0) is 4.79 Å². The Morgan fingerprint density at radius 1 is 1.18 bits per heavy atom. The van der Waals surface area contributed by atoms with E-state index in [0.717, 1.165) is 0 Å². The summed E-state index contributed by atoms with van der Waals surface area (Å²) in [5.74, 6) is -0.912. The number of halogens is 1. The fraction of sp³-hybridized carbons (Fsp3) is 0.125. The molecule has 5 nitrogen and oxygen atoms in total. The van der Waals surface area contributed by atoms with E-state index in [2.05, 4.69) is 5.32 Å². The minimum atomic E-state index is -1.000. The molecule has 0 heterocycles. The number of hydrogen-bond donors (Lipinski definition) is 3. The SMILES string of the molecule is NC(=O)CC(O)c1cccc(NC(=O)c2cccc(Cl)c2)c1. The van der Waals surface area contributed by atoms with E-state index in [4.69, 9.17) is 17.3 Å². The molecule has 114 valence electrons. The maximum atomic E-state index is 12.1. The van der Waals surface area contributed by atoms with Crippen LogP contribution in [0.3, 0.4) is 0 Å². The van der Waals surface area contributed by atoms with Gasteiger partial charge in [-0.15, -0.1) is 0 Å². The van der Waals surface area contributed by atoms with Gasteiger partial charge in [-0.1, -0.05) is 29.8 Å². The highest BCUT2D eigenvalue weighted by atomic mass is 35.5. The lowest BCUT2D eigenvalue weighted by molar-refractivity contribution is -0.119. The van der Waals surface area contributed by atoms with Crippen molar-refractivity contribution in [1.82, 2.24) is 0 Å². The van der Waals surface area contributed by atoms with Crippen LogP contribution in [0, 0.1) is 0 Å². The summed E-state index contributed by atoms with van der Waals surface area (Å²) in [6, 6.07) is 13.2. The van der Waals surface area contributed by atoms with Gasteiger partial charge in [0.1, 0.15) is 0 Å². The molecule has 1 atom stereocenters. The highest BCUT2D eigenvalue weighted by Gasteiger charge is 2.12. The van der Waals surface area contributed by atoms with Crippen LogP contribution in [0.2, 0.25) is 5.02 Å². The number of benzene rings is 2. The van der Waals surface area contributed by atoms with Crippen LogP contribution in [0.15, 0.2) is 48.5 Å². The smallest absolute Gasteiger partial charge is 0.255 e. The molecule has 6 heteroatoms. The Kier molecular flexibility index (Phi) is 5.14. The zero-order valence-electron chi connectivity index (χ0n) is 11.6. The maximum absolute atomic E-state index is 12.1. The van der Waals surface area contributed by atoms with E-state index >= 15 is 0 Å². The number of carbonyl (C=O) groups is 2. The molecule has 2 rings (SSSR count). The Morgan fingerprint density at radius 2 is 1.91 bits per heavy atom. The number of amides is 2. The van der Waals surface area contributed by atoms with E-state index < -0.39 is 12.0 Å². The largest absolute Gasteiger partial charge is 0.388 e. The van der Waals surface area contributed by atoms with Crippen molar-refractivity contribution in [2.24, 2.45) is 5.73 Å². The number of rotatable bonds is 5. The summed E-state index contributed by atoms with van der Waals surface area (Å²) in [7, 11) is 0.